The Kier molecular flexibility index (Phi) is 3.65. The SMILES string of the molecule is CC1(C)CC(=O)C[C@@H](CC(=O)c2ccccc2)C1. The van der Waals surface area contributed by atoms with Gasteiger partial charge in [-0.15, -0.1) is 0 Å². The van der Waals surface area contributed by atoms with Crippen molar-refractivity contribution in [1.82, 2.24) is 0 Å². The van der Waals surface area contributed by atoms with Gasteiger partial charge in [0.25, 0.3) is 0 Å². The van der Waals surface area contributed by atoms with E-state index in [-0.39, 0.29) is 17.1 Å². The molecular weight excluding hydrogens is 224 g/mol. The highest BCUT2D eigenvalue weighted by molar-refractivity contribution is 5.96. The van der Waals surface area contributed by atoms with E-state index >= 15 is 0 Å². The second-order valence-corrected chi connectivity index (χ2v) is 6.15. The second kappa shape index (κ2) is 5.05. The van der Waals surface area contributed by atoms with Crippen molar-refractivity contribution in [1.29, 1.82) is 0 Å². The average Bonchev–Trinajstić information content (AvgIpc) is 2.27. The van der Waals surface area contributed by atoms with Crippen LogP contribution in [0.2, 0.25) is 0 Å². The Morgan fingerprint density at radius 1 is 1.28 bits per heavy atom. The van der Waals surface area contributed by atoms with E-state index in [1.54, 1.807) is 0 Å². The van der Waals surface area contributed by atoms with Crippen molar-refractivity contribution >= 4 is 11.6 Å². The number of benzene rings is 1. The smallest absolute Gasteiger partial charge is 0.163 e. The first kappa shape index (κ1) is 13.0. The Morgan fingerprint density at radius 2 is 1.94 bits per heavy atom. The zero-order chi connectivity index (χ0) is 13.2. The monoisotopic (exact) mass is 244 g/mol. The third-order valence-electron chi connectivity index (χ3n) is 3.60. The van der Waals surface area contributed by atoms with Gasteiger partial charge >= 0.3 is 0 Å². The summed E-state index contributed by atoms with van der Waals surface area (Å²) in [5.74, 6) is 0.678. The lowest BCUT2D eigenvalue weighted by Crippen LogP contribution is -2.30. The van der Waals surface area contributed by atoms with Crippen LogP contribution in [0, 0.1) is 11.3 Å². The van der Waals surface area contributed by atoms with Gasteiger partial charge in [0, 0.05) is 24.8 Å². The molecule has 1 saturated carbocycles. The molecule has 0 radical (unpaired) electrons. The molecule has 2 rings (SSSR count). The standard InChI is InChI=1S/C16H20O2/c1-16(2)10-12(8-14(17)11-16)9-15(18)13-6-4-3-5-7-13/h3-7,12H,8-11H2,1-2H3/t12-/m0/s1. The van der Waals surface area contributed by atoms with Crippen molar-refractivity contribution in [2.75, 3.05) is 0 Å². The number of carbonyl (C=O) groups excluding carboxylic acids is 2. The normalized spacial score (nSPS) is 22.8. The first-order chi connectivity index (χ1) is 8.46. The lowest BCUT2D eigenvalue weighted by atomic mass is 9.70. The van der Waals surface area contributed by atoms with E-state index in [9.17, 15) is 9.59 Å². The van der Waals surface area contributed by atoms with Crippen LogP contribution in [0.15, 0.2) is 30.3 Å². The Hall–Kier alpha value is -1.44. The van der Waals surface area contributed by atoms with E-state index in [1.165, 1.54) is 0 Å². The van der Waals surface area contributed by atoms with E-state index in [4.69, 9.17) is 0 Å². The summed E-state index contributed by atoms with van der Waals surface area (Å²) in [5.41, 5.74) is 0.810. The average molecular weight is 244 g/mol. The van der Waals surface area contributed by atoms with Crippen molar-refractivity contribution in [2.24, 2.45) is 11.3 Å². The van der Waals surface area contributed by atoms with Gasteiger partial charge in [0.05, 0.1) is 0 Å². The fraction of sp³-hybridized carbons (Fsp3) is 0.500. The molecule has 2 heteroatoms. The molecule has 0 spiro atoms. The van der Waals surface area contributed by atoms with Crippen LogP contribution in [0.4, 0.5) is 0 Å². The molecule has 0 N–H and O–H groups in total. The molecule has 1 aromatic rings. The molecule has 0 aliphatic heterocycles. The van der Waals surface area contributed by atoms with E-state index < -0.39 is 0 Å². The fourth-order valence-corrected chi connectivity index (χ4v) is 3.00. The molecule has 0 aromatic heterocycles. The van der Waals surface area contributed by atoms with Crippen molar-refractivity contribution in [3.63, 3.8) is 0 Å². The maximum absolute atomic E-state index is 12.1. The largest absolute Gasteiger partial charge is 0.300 e. The zero-order valence-corrected chi connectivity index (χ0v) is 11.1. The Bertz CT molecular complexity index is 445. The molecule has 1 atom stereocenters. The summed E-state index contributed by atoms with van der Waals surface area (Å²) in [4.78, 5) is 23.8. The van der Waals surface area contributed by atoms with Gasteiger partial charge in [-0.2, -0.15) is 0 Å². The molecule has 1 aliphatic carbocycles. The summed E-state index contributed by atoms with van der Waals surface area (Å²) in [6, 6.07) is 9.35. The third-order valence-corrected chi connectivity index (χ3v) is 3.60. The van der Waals surface area contributed by atoms with Gasteiger partial charge in [-0.25, -0.2) is 0 Å². The topological polar surface area (TPSA) is 34.1 Å². The van der Waals surface area contributed by atoms with Crippen LogP contribution in [0.1, 0.15) is 49.9 Å². The first-order valence-electron chi connectivity index (χ1n) is 6.56. The number of carbonyl (C=O) groups is 2. The molecule has 96 valence electrons. The summed E-state index contributed by atoms with van der Waals surface area (Å²) in [6.45, 7) is 4.23. The minimum atomic E-state index is 0.0525. The molecule has 1 aromatic carbocycles. The number of hydrogen-bond acceptors (Lipinski definition) is 2. The van der Waals surface area contributed by atoms with Gasteiger partial charge in [-0.05, 0) is 17.8 Å². The van der Waals surface area contributed by atoms with E-state index in [0.29, 0.717) is 25.0 Å². The molecule has 0 bridgehead atoms. The minimum Gasteiger partial charge on any atom is -0.300 e. The predicted octanol–water partition coefficient (Wildman–Crippen LogP) is 3.65. The van der Waals surface area contributed by atoms with E-state index in [0.717, 1.165) is 12.0 Å². The summed E-state index contributed by atoms with van der Waals surface area (Å²) >= 11 is 0. The molecular formula is C16H20O2. The number of hydrogen-bond donors (Lipinski definition) is 0. The molecule has 0 heterocycles. The highest BCUT2D eigenvalue weighted by Gasteiger charge is 2.33. The number of ketones is 2. The fourth-order valence-electron chi connectivity index (χ4n) is 3.00. The Labute approximate surface area is 108 Å². The summed E-state index contributed by atoms with van der Waals surface area (Å²) < 4.78 is 0. The van der Waals surface area contributed by atoms with E-state index in [1.807, 2.05) is 30.3 Å². The van der Waals surface area contributed by atoms with Crippen molar-refractivity contribution in [3.8, 4) is 0 Å². The number of rotatable bonds is 3. The Balaban J connectivity index is 2.01. The molecule has 18 heavy (non-hydrogen) atoms. The molecule has 2 nitrogen and oxygen atoms in total. The van der Waals surface area contributed by atoms with Gasteiger partial charge < -0.3 is 0 Å². The van der Waals surface area contributed by atoms with Crippen LogP contribution in [0.5, 0.6) is 0 Å². The predicted molar refractivity (Wildman–Crippen MR) is 71.5 cm³/mol. The van der Waals surface area contributed by atoms with Crippen molar-refractivity contribution < 1.29 is 9.59 Å². The molecule has 0 unspecified atom stereocenters. The van der Waals surface area contributed by atoms with Crippen molar-refractivity contribution in [3.05, 3.63) is 35.9 Å². The second-order valence-electron chi connectivity index (χ2n) is 6.15. The van der Waals surface area contributed by atoms with Crippen LogP contribution in [0.3, 0.4) is 0 Å². The van der Waals surface area contributed by atoms with Gasteiger partial charge in [0.2, 0.25) is 0 Å². The summed E-state index contributed by atoms with van der Waals surface area (Å²) in [7, 11) is 0. The van der Waals surface area contributed by atoms with Crippen LogP contribution in [-0.2, 0) is 4.79 Å². The van der Waals surface area contributed by atoms with Gasteiger partial charge in [0.15, 0.2) is 5.78 Å². The molecule has 1 aliphatic rings. The highest BCUT2D eigenvalue weighted by Crippen LogP contribution is 2.38. The molecule has 0 saturated heterocycles. The summed E-state index contributed by atoms with van der Waals surface area (Å²) in [5, 5.41) is 0. The maximum Gasteiger partial charge on any atom is 0.163 e. The first-order valence-corrected chi connectivity index (χ1v) is 6.56. The van der Waals surface area contributed by atoms with Crippen LogP contribution >= 0.6 is 0 Å². The third kappa shape index (κ3) is 3.28. The van der Waals surface area contributed by atoms with E-state index in [2.05, 4.69) is 13.8 Å². The van der Waals surface area contributed by atoms with Gasteiger partial charge in [-0.3, -0.25) is 9.59 Å². The van der Waals surface area contributed by atoms with Gasteiger partial charge in [-0.1, -0.05) is 44.2 Å². The lowest BCUT2D eigenvalue weighted by Gasteiger charge is -2.33. The van der Waals surface area contributed by atoms with Crippen LogP contribution in [0.25, 0.3) is 0 Å². The Morgan fingerprint density at radius 3 is 2.56 bits per heavy atom. The van der Waals surface area contributed by atoms with Crippen LogP contribution < -0.4 is 0 Å². The minimum absolute atomic E-state index is 0.0525. The highest BCUT2D eigenvalue weighted by atomic mass is 16.1. The summed E-state index contributed by atoms with van der Waals surface area (Å²) in [6.07, 6.45) is 2.70. The molecule has 1 fully saturated rings. The van der Waals surface area contributed by atoms with Crippen molar-refractivity contribution in [2.45, 2.75) is 39.5 Å². The number of Topliss-reactive ketones (excluding diaryl/α,β-unsaturated/α-hetero) is 2. The van der Waals surface area contributed by atoms with Gasteiger partial charge in [0.1, 0.15) is 5.78 Å². The lowest BCUT2D eigenvalue weighted by molar-refractivity contribution is -0.124. The maximum atomic E-state index is 12.1. The quantitative estimate of drug-likeness (QED) is 0.760. The van der Waals surface area contributed by atoms with Crippen LogP contribution in [-0.4, -0.2) is 11.6 Å². The zero-order valence-electron chi connectivity index (χ0n) is 11.1. The molecule has 0 amide bonds.